The van der Waals surface area contributed by atoms with E-state index in [1.54, 1.807) is 0 Å². The molecule has 6 nitrogen and oxygen atoms in total. The average molecular weight is 256 g/mol. The summed E-state index contributed by atoms with van der Waals surface area (Å²) in [7, 11) is -4.43. The maximum atomic E-state index is 11.3. The Morgan fingerprint density at radius 2 is 2.06 bits per heavy atom. The molecule has 1 aromatic carbocycles. The van der Waals surface area contributed by atoms with Crippen LogP contribution in [0.5, 0.6) is 0 Å². The third kappa shape index (κ3) is 1.63. The predicted octanol–water partition coefficient (Wildman–Crippen LogP) is -0.269. The fourth-order valence-electron chi connectivity index (χ4n) is 2.20. The first-order valence-electron chi connectivity index (χ1n) is 4.95. The Morgan fingerprint density at radius 3 is 2.59 bits per heavy atom. The molecule has 0 aliphatic heterocycles. The molecule has 1 atom stereocenters. The van der Waals surface area contributed by atoms with Gasteiger partial charge < -0.3 is 11.5 Å². The van der Waals surface area contributed by atoms with Crippen molar-refractivity contribution in [3.63, 3.8) is 0 Å². The Balaban J connectivity index is 2.70. The van der Waals surface area contributed by atoms with Crippen LogP contribution in [-0.4, -0.2) is 18.9 Å². The Hall–Kier alpha value is -1.44. The topological polar surface area (TPSA) is 123 Å². The molecule has 5 N–H and O–H groups in total. The lowest BCUT2D eigenvalue weighted by Gasteiger charge is -2.21. The van der Waals surface area contributed by atoms with Gasteiger partial charge in [0, 0.05) is 5.56 Å². The minimum absolute atomic E-state index is 0.0332. The second-order valence-electron chi connectivity index (χ2n) is 4.06. The smallest absolute Gasteiger partial charge is 0.288 e. The van der Waals surface area contributed by atoms with E-state index in [0.717, 1.165) is 0 Å². The molecule has 1 amide bonds. The van der Waals surface area contributed by atoms with Gasteiger partial charge in [0.1, 0.15) is 0 Å². The van der Waals surface area contributed by atoms with Crippen LogP contribution in [-0.2, 0) is 21.4 Å². The van der Waals surface area contributed by atoms with Crippen molar-refractivity contribution in [3.8, 4) is 0 Å². The van der Waals surface area contributed by atoms with E-state index in [1.807, 2.05) is 0 Å². The van der Waals surface area contributed by atoms with Crippen LogP contribution in [0.15, 0.2) is 18.2 Å². The first-order valence-corrected chi connectivity index (χ1v) is 6.39. The van der Waals surface area contributed by atoms with E-state index in [0.29, 0.717) is 12.0 Å². The fraction of sp³-hybridized carbons (Fsp3) is 0.300. The van der Waals surface area contributed by atoms with Gasteiger partial charge in [-0.1, -0.05) is 12.1 Å². The highest BCUT2D eigenvalue weighted by Gasteiger charge is 2.46. The van der Waals surface area contributed by atoms with Crippen molar-refractivity contribution in [3.05, 3.63) is 34.9 Å². The van der Waals surface area contributed by atoms with Crippen molar-refractivity contribution in [1.82, 2.24) is 0 Å². The summed E-state index contributed by atoms with van der Waals surface area (Å²) in [5.41, 5.74) is 11.9. The molecule has 0 spiro atoms. The molecule has 0 radical (unpaired) electrons. The van der Waals surface area contributed by atoms with Crippen LogP contribution < -0.4 is 11.5 Å². The Morgan fingerprint density at radius 1 is 1.41 bits per heavy atom. The first-order chi connectivity index (χ1) is 7.77. The molecule has 0 saturated carbocycles. The van der Waals surface area contributed by atoms with E-state index in [9.17, 15) is 17.8 Å². The SMILES string of the molecule is NC(=O)c1cccc2c1CCC2(N)S(=O)(=O)O. The van der Waals surface area contributed by atoms with Crippen LogP contribution >= 0.6 is 0 Å². The second-order valence-corrected chi connectivity index (χ2v) is 5.74. The van der Waals surface area contributed by atoms with Gasteiger partial charge in [-0.25, -0.2) is 0 Å². The number of hydrogen-bond acceptors (Lipinski definition) is 4. The van der Waals surface area contributed by atoms with Crippen LogP contribution in [0, 0.1) is 0 Å². The maximum absolute atomic E-state index is 11.3. The first kappa shape index (κ1) is 12.0. The zero-order valence-corrected chi connectivity index (χ0v) is 9.70. The van der Waals surface area contributed by atoms with E-state index in [2.05, 4.69) is 0 Å². The number of fused-ring (bicyclic) bond motifs is 1. The number of amides is 1. The highest BCUT2D eigenvalue weighted by Crippen LogP contribution is 2.39. The molecule has 1 aliphatic rings. The lowest BCUT2D eigenvalue weighted by atomic mass is 10.0. The summed E-state index contributed by atoms with van der Waals surface area (Å²) < 4.78 is 31.8. The van der Waals surface area contributed by atoms with Gasteiger partial charge in [0.25, 0.3) is 10.1 Å². The summed E-state index contributed by atoms with van der Waals surface area (Å²) >= 11 is 0. The average Bonchev–Trinajstić information content (AvgIpc) is 2.57. The van der Waals surface area contributed by atoms with Gasteiger partial charge in [-0.05, 0) is 30.0 Å². The van der Waals surface area contributed by atoms with Gasteiger partial charge >= 0.3 is 0 Å². The van der Waals surface area contributed by atoms with E-state index in [-0.39, 0.29) is 17.5 Å². The van der Waals surface area contributed by atoms with E-state index in [1.165, 1.54) is 18.2 Å². The number of carbonyl (C=O) groups excluding carboxylic acids is 1. The van der Waals surface area contributed by atoms with Crippen LogP contribution in [0.2, 0.25) is 0 Å². The standard InChI is InChI=1S/C10H12N2O4S/c11-9(13)7-2-1-3-8-6(7)4-5-10(8,12)17(14,15)16/h1-3H,4-5,12H2,(H2,11,13)(H,14,15,16). The van der Waals surface area contributed by atoms with E-state index in [4.69, 9.17) is 11.5 Å². The van der Waals surface area contributed by atoms with Crippen molar-refractivity contribution in [2.45, 2.75) is 17.7 Å². The highest BCUT2D eigenvalue weighted by atomic mass is 32.2. The number of carbonyl (C=O) groups is 1. The van der Waals surface area contributed by atoms with E-state index < -0.39 is 20.9 Å². The quantitative estimate of drug-likeness (QED) is 0.628. The van der Waals surface area contributed by atoms with Crippen LogP contribution in [0.25, 0.3) is 0 Å². The molecule has 2 rings (SSSR count). The summed E-state index contributed by atoms with van der Waals surface area (Å²) in [4.78, 5) is 9.35. The monoisotopic (exact) mass is 256 g/mol. The summed E-state index contributed by atoms with van der Waals surface area (Å²) in [5, 5.41) is 0. The van der Waals surface area contributed by atoms with Crippen LogP contribution in [0.4, 0.5) is 0 Å². The number of benzene rings is 1. The van der Waals surface area contributed by atoms with Gasteiger partial charge in [0.05, 0.1) is 0 Å². The molecule has 0 fully saturated rings. The molecule has 7 heteroatoms. The van der Waals surface area contributed by atoms with Gasteiger partial charge in [-0.2, -0.15) is 8.42 Å². The molecule has 0 bridgehead atoms. The third-order valence-electron chi connectivity index (χ3n) is 3.10. The highest BCUT2D eigenvalue weighted by molar-refractivity contribution is 7.86. The molecule has 0 heterocycles. The Labute approximate surface area is 98.4 Å². The van der Waals surface area contributed by atoms with Crippen molar-refractivity contribution in [1.29, 1.82) is 0 Å². The van der Waals surface area contributed by atoms with Crippen LogP contribution in [0.3, 0.4) is 0 Å². The number of primary amides is 1. The molecule has 1 aromatic rings. The summed E-state index contributed by atoms with van der Waals surface area (Å²) in [6.45, 7) is 0. The molecular weight excluding hydrogens is 244 g/mol. The molecule has 1 aliphatic carbocycles. The van der Waals surface area contributed by atoms with Crippen molar-refractivity contribution in [2.24, 2.45) is 11.5 Å². The van der Waals surface area contributed by atoms with Gasteiger partial charge in [0.2, 0.25) is 5.91 Å². The van der Waals surface area contributed by atoms with Crippen molar-refractivity contribution in [2.75, 3.05) is 0 Å². The Kier molecular flexibility index (Phi) is 2.49. The van der Waals surface area contributed by atoms with Crippen molar-refractivity contribution >= 4 is 16.0 Å². The lowest BCUT2D eigenvalue weighted by Crippen LogP contribution is -2.42. The molecular formula is C10H12N2O4S. The maximum Gasteiger partial charge on any atom is 0.288 e. The van der Waals surface area contributed by atoms with Crippen LogP contribution in [0.1, 0.15) is 27.9 Å². The largest absolute Gasteiger partial charge is 0.366 e. The number of nitrogens with two attached hydrogens (primary N) is 2. The molecule has 0 aromatic heterocycles. The summed E-state index contributed by atoms with van der Waals surface area (Å²) in [5.74, 6) is -0.638. The lowest BCUT2D eigenvalue weighted by molar-refractivity contribution is 0.0999. The van der Waals surface area contributed by atoms with Crippen molar-refractivity contribution < 1.29 is 17.8 Å². The normalized spacial score (nSPS) is 23.4. The fourth-order valence-corrected chi connectivity index (χ4v) is 3.03. The molecule has 1 unspecified atom stereocenters. The van der Waals surface area contributed by atoms with Gasteiger partial charge in [0.15, 0.2) is 4.87 Å². The zero-order valence-electron chi connectivity index (χ0n) is 8.88. The molecule has 17 heavy (non-hydrogen) atoms. The van der Waals surface area contributed by atoms with Gasteiger partial charge in [-0.3, -0.25) is 9.35 Å². The minimum atomic E-state index is -4.43. The minimum Gasteiger partial charge on any atom is -0.366 e. The number of rotatable bonds is 2. The molecule has 0 saturated heterocycles. The summed E-state index contributed by atoms with van der Waals surface area (Å²) in [6, 6.07) is 4.50. The van der Waals surface area contributed by atoms with Gasteiger partial charge in [-0.15, -0.1) is 0 Å². The zero-order chi connectivity index (χ0) is 12.8. The molecule has 92 valence electrons. The van der Waals surface area contributed by atoms with E-state index >= 15 is 0 Å². The second kappa shape index (κ2) is 3.52. The predicted molar refractivity (Wildman–Crippen MR) is 60.7 cm³/mol. The summed E-state index contributed by atoms with van der Waals surface area (Å²) in [6.07, 6.45) is 0.330. The Bertz CT molecular complexity index is 596. The third-order valence-corrected chi connectivity index (χ3v) is 4.45. The number of hydrogen-bond donors (Lipinski definition) is 3.